The lowest BCUT2D eigenvalue weighted by molar-refractivity contribution is -0.125. The van der Waals surface area contributed by atoms with Crippen LogP contribution >= 0.6 is 0 Å². The average Bonchev–Trinajstić information content (AvgIpc) is 3.38. The third kappa shape index (κ3) is 5.29. The second kappa shape index (κ2) is 10.3. The summed E-state index contributed by atoms with van der Waals surface area (Å²) in [6, 6.07) is 14.7. The zero-order chi connectivity index (χ0) is 24.9. The Balaban J connectivity index is 1.40. The van der Waals surface area contributed by atoms with E-state index in [2.05, 4.69) is 10.5 Å². The minimum Gasteiger partial charge on any atom is -0.449 e. The molecule has 4 rings (SSSR count). The Hall–Kier alpha value is -4.27. The number of unbranched alkanes of at least 4 members (excludes halogenated alkanes) is 1. The molecule has 0 saturated carbocycles. The first-order chi connectivity index (χ1) is 16.9. The van der Waals surface area contributed by atoms with Crippen molar-refractivity contribution in [2.24, 2.45) is 0 Å². The largest absolute Gasteiger partial charge is 0.449 e. The van der Waals surface area contributed by atoms with E-state index in [0.717, 1.165) is 6.42 Å². The Bertz CT molecular complexity index is 1230. The lowest BCUT2D eigenvalue weighted by atomic mass is 10.1. The summed E-state index contributed by atoms with van der Waals surface area (Å²) in [7, 11) is 0. The Morgan fingerprint density at radius 3 is 2.29 bits per heavy atom. The molecule has 2 aromatic carbocycles. The smallest absolute Gasteiger partial charge is 0.338 e. The van der Waals surface area contributed by atoms with Crippen LogP contribution < -0.4 is 5.32 Å². The summed E-state index contributed by atoms with van der Waals surface area (Å²) in [6.45, 7) is 3.76. The third-order valence-corrected chi connectivity index (χ3v) is 5.65. The first-order valence-corrected chi connectivity index (χ1v) is 11.4. The molecule has 1 unspecified atom stereocenters. The highest BCUT2D eigenvalue weighted by molar-refractivity contribution is 6.21. The van der Waals surface area contributed by atoms with Crippen LogP contribution in [0.4, 0.5) is 5.82 Å². The molecule has 9 heteroatoms. The number of ether oxygens (including phenoxy) is 1. The molecule has 1 aromatic heterocycles. The van der Waals surface area contributed by atoms with Crippen LogP contribution in [0.25, 0.3) is 0 Å². The van der Waals surface area contributed by atoms with Crippen LogP contribution in [0.1, 0.15) is 68.6 Å². The molecule has 3 aromatic rings. The number of imide groups is 1. The van der Waals surface area contributed by atoms with Gasteiger partial charge in [0, 0.05) is 6.07 Å². The van der Waals surface area contributed by atoms with Crippen LogP contribution in [-0.2, 0) is 16.1 Å². The van der Waals surface area contributed by atoms with E-state index in [4.69, 9.17) is 9.26 Å². The van der Waals surface area contributed by atoms with Crippen LogP contribution in [0.5, 0.6) is 0 Å². The fourth-order valence-electron chi connectivity index (χ4n) is 3.77. The first kappa shape index (κ1) is 23.9. The average molecular weight is 476 g/mol. The molecule has 2 heterocycles. The van der Waals surface area contributed by atoms with Crippen LogP contribution in [0.15, 0.2) is 59.1 Å². The molecular formula is C26H25N3O6. The molecule has 0 spiro atoms. The maximum Gasteiger partial charge on any atom is 0.338 e. The number of hydrogen-bond donors (Lipinski definition) is 1. The molecule has 3 amide bonds. The van der Waals surface area contributed by atoms with Gasteiger partial charge in [-0.25, -0.2) is 4.79 Å². The van der Waals surface area contributed by atoms with Crippen molar-refractivity contribution in [3.63, 3.8) is 0 Å². The number of amides is 3. The molecule has 1 aliphatic heterocycles. The first-order valence-electron chi connectivity index (χ1n) is 11.4. The SMILES string of the molecule is CCCCC(OC(=O)c1ccc(CN2C(=O)c3ccccc3C2=O)cc1)C(=O)Nc1cc(C)on1. The van der Waals surface area contributed by atoms with Crippen molar-refractivity contribution in [3.8, 4) is 0 Å². The number of rotatable bonds is 9. The number of carbonyl (C=O) groups is 4. The fourth-order valence-corrected chi connectivity index (χ4v) is 3.77. The molecule has 9 nitrogen and oxygen atoms in total. The molecule has 1 N–H and O–H groups in total. The van der Waals surface area contributed by atoms with Crippen LogP contribution in [0.3, 0.4) is 0 Å². The van der Waals surface area contributed by atoms with Crippen LogP contribution in [0, 0.1) is 6.92 Å². The molecule has 0 aliphatic carbocycles. The summed E-state index contributed by atoms with van der Waals surface area (Å²) < 4.78 is 10.5. The number of aromatic nitrogens is 1. The van der Waals surface area contributed by atoms with E-state index in [9.17, 15) is 19.2 Å². The van der Waals surface area contributed by atoms with Gasteiger partial charge in [-0.05, 0) is 49.6 Å². The van der Waals surface area contributed by atoms with Gasteiger partial charge in [-0.1, -0.05) is 42.8 Å². The Morgan fingerprint density at radius 2 is 1.71 bits per heavy atom. The third-order valence-electron chi connectivity index (χ3n) is 5.65. The van der Waals surface area contributed by atoms with Crippen molar-refractivity contribution < 1.29 is 28.4 Å². The van der Waals surface area contributed by atoms with Gasteiger partial charge in [0.1, 0.15) is 5.76 Å². The highest BCUT2D eigenvalue weighted by Crippen LogP contribution is 2.24. The van der Waals surface area contributed by atoms with E-state index in [1.165, 1.54) is 4.90 Å². The van der Waals surface area contributed by atoms with Gasteiger partial charge in [-0.3, -0.25) is 19.3 Å². The van der Waals surface area contributed by atoms with Gasteiger partial charge in [-0.2, -0.15) is 0 Å². The predicted octanol–water partition coefficient (Wildman–Crippen LogP) is 4.13. The molecule has 35 heavy (non-hydrogen) atoms. The fraction of sp³-hybridized carbons (Fsp3) is 0.269. The number of aryl methyl sites for hydroxylation is 1. The van der Waals surface area contributed by atoms with E-state index in [0.29, 0.717) is 35.3 Å². The number of hydrogen-bond acceptors (Lipinski definition) is 7. The summed E-state index contributed by atoms with van der Waals surface area (Å²) in [5.74, 6) is -1.03. The maximum atomic E-state index is 12.7. The molecule has 1 aliphatic rings. The molecule has 0 fully saturated rings. The Labute approximate surface area is 202 Å². The van der Waals surface area contributed by atoms with E-state index >= 15 is 0 Å². The quantitative estimate of drug-likeness (QED) is 0.365. The molecule has 0 bridgehead atoms. The van der Waals surface area contributed by atoms with E-state index in [1.54, 1.807) is 61.5 Å². The van der Waals surface area contributed by atoms with Crippen LogP contribution in [-0.4, -0.2) is 39.9 Å². The van der Waals surface area contributed by atoms with Crippen molar-refractivity contribution in [1.29, 1.82) is 0 Å². The standard InChI is InChI=1S/C26H25N3O6/c1-3-4-9-21(23(30)27-22-14-16(2)35-28-22)34-26(33)18-12-10-17(11-13-18)15-29-24(31)19-7-5-6-8-20(19)25(29)32/h5-8,10-14,21H,3-4,9,15H2,1-2H3,(H,27,28,30). The maximum absolute atomic E-state index is 12.7. The van der Waals surface area contributed by atoms with Gasteiger partial charge in [0.05, 0.1) is 23.2 Å². The van der Waals surface area contributed by atoms with Gasteiger partial charge in [0.2, 0.25) is 0 Å². The monoisotopic (exact) mass is 475 g/mol. The van der Waals surface area contributed by atoms with Gasteiger partial charge in [-0.15, -0.1) is 0 Å². The zero-order valence-electron chi connectivity index (χ0n) is 19.4. The molecule has 180 valence electrons. The summed E-state index contributed by atoms with van der Waals surface area (Å²) in [5, 5.41) is 6.34. The highest BCUT2D eigenvalue weighted by Gasteiger charge is 2.35. The van der Waals surface area contributed by atoms with Gasteiger partial charge in [0.25, 0.3) is 17.7 Å². The molecule has 1 atom stereocenters. The molecule has 0 saturated heterocycles. The number of anilines is 1. The van der Waals surface area contributed by atoms with Crippen molar-refractivity contribution in [2.75, 3.05) is 5.32 Å². The Kier molecular flexibility index (Phi) is 7.05. The topological polar surface area (TPSA) is 119 Å². The highest BCUT2D eigenvalue weighted by atomic mass is 16.5. The number of benzene rings is 2. The van der Waals surface area contributed by atoms with Crippen LogP contribution in [0.2, 0.25) is 0 Å². The number of esters is 1. The van der Waals surface area contributed by atoms with Crippen molar-refractivity contribution in [2.45, 2.75) is 45.8 Å². The number of fused-ring (bicyclic) bond motifs is 1. The minimum atomic E-state index is -0.988. The van der Waals surface area contributed by atoms with E-state index < -0.39 is 18.0 Å². The van der Waals surface area contributed by atoms with E-state index in [1.807, 2.05) is 6.92 Å². The summed E-state index contributed by atoms with van der Waals surface area (Å²) in [6.07, 6.45) is 0.902. The second-order valence-electron chi connectivity index (χ2n) is 8.29. The molecular weight excluding hydrogens is 450 g/mol. The van der Waals surface area contributed by atoms with Crippen molar-refractivity contribution in [1.82, 2.24) is 10.1 Å². The second-order valence-corrected chi connectivity index (χ2v) is 8.29. The van der Waals surface area contributed by atoms with Crippen molar-refractivity contribution >= 4 is 29.5 Å². The predicted molar refractivity (Wildman–Crippen MR) is 126 cm³/mol. The summed E-state index contributed by atoms with van der Waals surface area (Å²) >= 11 is 0. The van der Waals surface area contributed by atoms with E-state index in [-0.39, 0.29) is 29.7 Å². The number of carbonyl (C=O) groups excluding carboxylic acids is 4. The summed E-state index contributed by atoms with van der Waals surface area (Å²) in [4.78, 5) is 51.7. The number of nitrogens with one attached hydrogen (secondary N) is 1. The summed E-state index contributed by atoms with van der Waals surface area (Å²) in [5.41, 5.74) is 1.70. The normalized spacial score (nSPS) is 13.5. The van der Waals surface area contributed by atoms with Crippen molar-refractivity contribution in [3.05, 3.63) is 82.6 Å². The molecule has 0 radical (unpaired) electrons. The van der Waals surface area contributed by atoms with Gasteiger partial charge >= 0.3 is 5.97 Å². The van der Waals surface area contributed by atoms with Gasteiger partial charge < -0.3 is 14.6 Å². The lowest BCUT2D eigenvalue weighted by Crippen LogP contribution is -2.32. The Morgan fingerprint density at radius 1 is 1.06 bits per heavy atom. The number of nitrogens with zero attached hydrogens (tertiary/aromatic N) is 2. The zero-order valence-corrected chi connectivity index (χ0v) is 19.4. The van der Waals surface area contributed by atoms with Gasteiger partial charge in [0.15, 0.2) is 11.9 Å². The lowest BCUT2D eigenvalue weighted by Gasteiger charge is -2.17. The minimum absolute atomic E-state index is 0.0837.